The molecule has 0 saturated heterocycles. The molecular formula is C21H19N2O4. The summed E-state index contributed by atoms with van der Waals surface area (Å²) in [6.45, 7) is -0.854. The third-order valence-electron chi connectivity index (χ3n) is 3.72. The van der Waals surface area contributed by atoms with Crippen LogP contribution in [0, 0.1) is 12.3 Å². The molecule has 0 unspecified atom stereocenters. The molecule has 6 heteroatoms. The summed E-state index contributed by atoms with van der Waals surface area (Å²) in [5.74, 6) is 1.54. The van der Waals surface area contributed by atoms with Gasteiger partial charge in [0.25, 0.3) is 5.91 Å². The summed E-state index contributed by atoms with van der Waals surface area (Å²) in [5.41, 5.74) is 1.97. The van der Waals surface area contributed by atoms with Gasteiger partial charge in [-0.15, -0.1) is 12.3 Å². The van der Waals surface area contributed by atoms with E-state index in [0.717, 1.165) is 0 Å². The minimum Gasteiger partial charge on any atom is -0.326 e. The maximum absolute atomic E-state index is 12.5. The molecule has 0 fully saturated rings. The first-order chi connectivity index (χ1) is 13.0. The van der Waals surface area contributed by atoms with Gasteiger partial charge in [-0.2, -0.15) is 0 Å². The molecule has 2 N–H and O–H groups in total. The Morgan fingerprint density at radius 3 is 1.74 bits per heavy atom. The van der Waals surface area contributed by atoms with Crippen LogP contribution >= 0.6 is 0 Å². The van der Waals surface area contributed by atoms with E-state index in [2.05, 4.69) is 16.6 Å². The molecule has 0 heterocycles. The number of terminal acetylenes is 1. The van der Waals surface area contributed by atoms with Gasteiger partial charge in [-0.3, -0.25) is 14.4 Å². The lowest BCUT2D eigenvalue weighted by Gasteiger charge is -2.07. The van der Waals surface area contributed by atoms with E-state index in [4.69, 9.17) is 6.42 Å². The Balaban J connectivity index is 1.98. The Morgan fingerprint density at radius 1 is 0.815 bits per heavy atom. The number of nitrogens with one attached hydrogen (secondary N) is 2. The van der Waals surface area contributed by atoms with Crippen LogP contribution < -0.4 is 10.6 Å². The summed E-state index contributed by atoms with van der Waals surface area (Å²) in [4.78, 5) is 35.3. The van der Waals surface area contributed by atoms with Gasteiger partial charge < -0.3 is 10.6 Å². The van der Waals surface area contributed by atoms with Gasteiger partial charge in [-0.05, 0) is 55.0 Å². The first-order valence-corrected chi connectivity index (χ1v) is 8.39. The van der Waals surface area contributed by atoms with E-state index in [1.165, 1.54) is 0 Å². The number of carbonyl (C=O) groups excluding carboxylic acids is 3. The number of ketones is 1. The van der Waals surface area contributed by atoms with Crippen LogP contribution in [0.3, 0.4) is 0 Å². The van der Waals surface area contributed by atoms with E-state index < -0.39 is 12.5 Å². The number of benzene rings is 2. The number of anilines is 2. The molecule has 27 heavy (non-hydrogen) atoms. The van der Waals surface area contributed by atoms with Crippen LogP contribution in [0.1, 0.15) is 35.2 Å². The number of amides is 2. The van der Waals surface area contributed by atoms with Crippen LogP contribution in [0.5, 0.6) is 0 Å². The topological polar surface area (TPSA) is 95.2 Å². The highest BCUT2D eigenvalue weighted by Crippen LogP contribution is 2.16. The minimum absolute atomic E-state index is 0.125. The van der Waals surface area contributed by atoms with E-state index in [1.807, 2.05) is 0 Å². The lowest BCUT2D eigenvalue weighted by atomic mass is 10.0. The summed E-state index contributed by atoms with van der Waals surface area (Å²) >= 11 is 0. The summed E-state index contributed by atoms with van der Waals surface area (Å²) in [6.07, 6.45) is 6.68. The lowest BCUT2D eigenvalue weighted by molar-refractivity contribution is -0.120. The number of rotatable bonds is 8. The van der Waals surface area contributed by atoms with Gasteiger partial charge in [-0.25, -0.2) is 5.11 Å². The van der Waals surface area contributed by atoms with Gasteiger partial charge in [-0.1, -0.05) is 0 Å². The van der Waals surface area contributed by atoms with Crippen molar-refractivity contribution < 1.29 is 19.5 Å². The number of hydrogen-bond acceptors (Lipinski definition) is 3. The second-order valence-corrected chi connectivity index (χ2v) is 5.78. The van der Waals surface area contributed by atoms with E-state index >= 15 is 0 Å². The highest BCUT2D eigenvalue weighted by Gasteiger charge is 2.10. The Labute approximate surface area is 157 Å². The summed E-state index contributed by atoms with van der Waals surface area (Å²) in [6, 6.07) is 12.9. The van der Waals surface area contributed by atoms with E-state index in [0.29, 0.717) is 41.8 Å². The maximum Gasteiger partial charge on any atom is 0.253 e. The predicted octanol–water partition coefficient (Wildman–Crippen LogP) is 3.03. The Kier molecular flexibility index (Phi) is 7.29. The monoisotopic (exact) mass is 363 g/mol. The smallest absolute Gasteiger partial charge is 0.253 e. The Morgan fingerprint density at radius 2 is 1.30 bits per heavy atom. The Hall–Kier alpha value is -3.43. The molecule has 2 rings (SSSR count). The highest BCUT2D eigenvalue weighted by molar-refractivity contribution is 6.09. The summed E-state index contributed by atoms with van der Waals surface area (Å²) in [7, 11) is 0. The quantitative estimate of drug-likeness (QED) is 0.429. The van der Waals surface area contributed by atoms with Gasteiger partial charge in [0, 0.05) is 35.3 Å². The average molecular weight is 363 g/mol. The number of carbonyl (C=O) groups is 3. The third kappa shape index (κ3) is 6.10. The fraction of sp³-hybridized carbons (Fsp3) is 0.190. The van der Waals surface area contributed by atoms with Crippen LogP contribution in [0.25, 0.3) is 0 Å². The summed E-state index contributed by atoms with van der Waals surface area (Å²) in [5, 5.41) is 15.6. The van der Waals surface area contributed by atoms with E-state index in [9.17, 15) is 19.5 Å². The Bertz CT molecular complexity index is 849. The van der Waals surface area contributed by atoms with Crippen molar-refractivity contribution in [3.63, 3.8) is 0 Å². The zero-order valence-electron chi connectivity index (χ0n) is 14.7. The van der Waals surface area contributed by atoms with Gasteiger partial charge in [0.15, 0.2) is 12.4 Å². The first kappa shape index (κ1) is 19.9. The molecule has 0 atom stereocenters. The fourth-order valence-electron chi connectivity index (χ4n) is 2.35. The second kappa shape index (κ2) is 9.90. The molecule has 137 valence electrons. The molecule has 1 radical (unpaired) electrons. The fourth-order valence-corrected chi connectivity index (χ4v) is 2.35. The van der Waals surface area contributed by atoms with Gasteiger partial charge in [0.2, 0.25) is 5.91 Å². The van der Waals surface area contributed by atoms with Crippen molar-refractivity contribution in [2.45, 2.75) is 19.3 Å². The third-order valence-corrected chi connectivity index (χ3v) is 3.72. The van der Waals surface area contributed by atoms with Gasteiger partial charge in [0.05, 0.1) is 0 Å². The molecule has 0 saturated carbocycles. The predicted molar refractivity (Wildman–Crippen MR) is 102 cm³/mol. The van der Waals surface area contributed by atoms with Crippen molar-refractivity contribution in [3.8, 4) is 12.3 Å². The molecule has 6 nitrogen and oxygen atoms in total. The molecular weight excluding hydrogens is 344 g/mol. The van der Waals surface area contributed by atoms with Crippen molar-refractivity contribution in [1.82, 2.24) is 0 Å². The van der Waals surface area contributed by atoms with E-state index in [-0.39, 0.29) is 11.7 Å². The van der Waals surface area contributed by atoms with Crippen molar-refractivity contribution >= 4 is 29.0 Å². The van der Waals surface area contributed by atoms with Crippen LogP contribution in [-0.4, -0.2) is 24.2 Å². The van der Waals surface area contributed by atoms with Crippen molar-refractivity contribution in [1.29, 1.82) is 0 Å². The van der Waals surface area contributed by atoms with E-state index in [1.54, 1.807) is 48.5 Å². The minimum atomic E-state index is -0.854. The van der Waals surface area contributed by atoms with Crippen LogP contribution in [-0.2, 0) is 14.7 Å². The number of hydrogen-bond donors (Lipinski definition) is 2. The SMILES string of the molecule is C#CCCCC(=O)Nc1ccc(C(=O)c2ccc(NC(=O)C[O])cc2)cc1. The highest BCUT2D eigenvalue weighted by atomic mass is 16.3. The number of unbranched alkanes of at least 4 members (excludes halogenated alkanes) is 1. The maximum atomic E-state index is 12.5. The molecule has 2 aromatic rings. The van der Waals surface area contributed by atoms with Crippen molar-refractivity contribution in [2.75, 3.05) is 17.2 Å². The van der Waals surface area contributed by atoms with Crippen molar-refractivity contribution in [2.24, 2.45) is 0 Å². The molecule has 2 amide bonds. The standard InChI is InChI=1S/C21H19N2O4/c1-2-3-4-5-19(25)22-17-10-6-15(7-11-17)21(27)16-8-12-18(13-9-16)23-20(26)14-24/h1,6-13H,3-5,14H2,(H,22,25)(H,23,26). The molecule has 0 aromatic heterocycles. The van der Waals surface area contributed by atoms with Crippen molar-refractivity contribution in [3.05, 3.63) is 59.7 Å². The molecule has 2 aromatic carbocycles. The average Bonchev–Trinajstić information content (AvgIpc) is 2.68. The molecule has 0 spiro atoms. The summed E-state index contributed by atoms with van der Waals surface area (Å²) < 4.78 is 0. The zero-order chi connectivity index (χ0) is 19.6. The lowest BCUT2D eigenvalue weighted by Crippen LogP contribution is -2.14. The normalized spacial score (nSPS) is 9.93. The van der Waals surface area contributed by atoms with Gasteiger partial charge >= 0.3 is 0 Å². The van der Waals surface area contributed by atoms with Crippen LogP contribution in [0.4, 0.5) is 11.4 Å². The molecule has 0 aliphatic rings. The van der Waals surface area contributed by atoms with Crippen LogP contribution in [0.15, 0.2) is 48.5 Å². The van der Waals surface area contributed by atoms with Gasteiger partial charge in [0.1, 0.15) is 0 Å². The molecule has 0 aliphatic heterocycles. The molecule has 0 bridgehead atoms. The second-order valence-electron chi connectivity index (χ2n) is 5.78. The largest absolute Gasteiger partial charge is 0.326 e. The first-order valence-electron chi connectivity index (χ1n) is 8.39. The van der Waals surface area contributed by atoms with Crippen LogP contribution in [0.2, 0.25) is 0 Å². The molecule has 0 aliphatic carbocycles. The zero-order valence-corrected chi connectivity index (χ0v) is 14.7.